The number of hydrogen-bond donors (Lipinski definition) is 2. The number of benzene rings is 1. The quantitative estimate of drug-likeness (QED) is 0.877. The number of halogens is 1. The van der Waals surface area contributed by atoms with E-state index >= 15 is 0 Å². The maximum atomic E-state index is 12.5. The van der Waals surface area contributed by atoms with Gasteiger partial charge in [0, 0.05) is 18.5 Å². The fraction of sp³-hybridized carbons (Fsp3) is 0.333. The smallest absolute Gasteiger partial charge is 0.253 e. The molecule has 1 aromatic carbocycles. The molecule has 0 spiro atoms. The van der Waals surface area contributed by atoms with E-state index in [9.17, 15) is 9.59 Å². The maximum Gasteiger partial charge on any atom is 0.253 e. The number of nitrogens with zero attached hydrogens (tertiary/aromatic N) is 3. The van der Waals surface area contributed by atoms with Crippen LogP contribution in [-0.4, -0.2) is 26.6 Å². The van der Waals surface area contributed by atoms with Crippen molar-refractivity contribution < 1.29 is 9.59 Å². The fourth-order valence-corrected chi connectivity index (χ4v) is 2.25. The fourth-order valence-electron chi connectivity index (χ4n) is 2.08. The summed E-state index contributed by atoms with van der Waals surface area (Å²) in [6.07, 6.45) is 1.87. The van der Waals surface area contributed by atoms with Crippen molar-refractivity contribution in [3.63, 3.8) is 0 Å². The molecule has 0 saturated heterocycles. The molecule has 0 aliphatic rings. The molecule has 0 saturated carbocycles. The van der Waals surface area contributed by atoms with E-state index in [4.69, 9.17) is 11.6 Å². The largest absolute Gasteiger partial charge is 0.342 e. The van der Waals surface area contributed by atoms with Crippen molar-refractivity contribution >= 4 is 29.1 Å². The van der Waals surface area contributed by atoms with Gasteiger partial charge in [0.25, 0.3) is 5.91 Å². The van der Waals surface area contributed by atoms with Crippen LogP contribution in [0.15, 0.2) is 24.5 Å². The number of aryl methyl sites for hydroxylation is 1. The normalized spacial score (nSPS) is 11.8. The van der Waals surface area contributed by atoms with Gasteiger partial charge >= 0.3 is 0 Å². The lowest BCUT2D eigenvalue weighted by Gasteiger charge is -2.15. The highest BCUT2D eigenvalue weighted by atomic mass is 35.5. The maximum absolute atomic E-state index is 12.5. The standard InChI is InChI=1S/C15H18ClN5O2/c1-4-13(22)19-12-7-10(16)5-6-11(12)15(23)18-9(2)14-20-17-8-21(14)3/h5-9H,4H2,1-3H3,(H,18,23)(H,19,22)/t9-/m1/s1. The Kier molecular flexibility index (Phi) is 5.33. The Hall–Kier alpha value is -2.41. The number of carbonyl (C=O) groups excluding carboxylic acids is 2. The average molecular weight is 336 g/mol. The molecule has 1 atom stereocenters. The van der Waals surface area contributed by atoms with Crippen LogP contribution in [0.1, 0.15) is 42.5 Å². The molecule has 2 rings (SSSR count). The van der Waals surface area contributed by atoms with Crippen molar-refractivity contribution in [1.82, 2.24) is 20.1 Å². The molecule has 0 radical (unpaired) electrons. The lowest BCUT2D eigenvalue weighted by atomic mass is 10.1. The van der Waals surface area contributed by atoms with E-state index in [1.807, 2.05) is 6.92 Å². The average Bonchev–Trinajstić information content (AvgIpc) is 2.93. The van der Waals surface area contributed by atoms with E-state index in [1.165, 1.54) is 0 Å². The summed E-state index contributed by atoms with van der Waals surface area (Å²) in [5.41, 5.74) is 0.720. The zero-order valence-corrected chi connectivity index (χ0v) is 13.9. The third-order valence-corrected chi connectivity index (χ3v) is 3.54. The molecule has 2 N–H and O–H groups in total. The second-order valence-corrected chi connectivity index (χ2v) is 5.52. The number of amides is 2. The number of anilines is 1. The number of aromatic nitrogens is 3. The zero-order chi connectivity index (χ0) is 17.0. The van der Waals surface area contributed by atoms with E-state index in [0.29, 0.717) is 28.5 Å². The van der Waals surface area contributed by atoms with Crippen molar-refractivity contribution in [2.75, 3.05) is 5.32 Å². The number of hydrogen-bond acceptors (Lipinski definition) is 4. The molecule has 2 amide bonds. The van der Waals surface area contributed by atoms with Crippen molar-refractivity contribution in [2.45, 2.75) is 26.3 Å². The summed E-state index contributed by atoms with van der Waals surface area (Å²) in [5.74, 6) is 0.109. The van der Waals surface area contributed by atoms with E-state index in [1.54, 1.807) is 43.1 Å². The first kappa shape index (κ1) is 17.0. The summed E-state index contributed by atoms with van der Waals surface area (Å²) in [6.45, 7) is 3.54. The molecule has 0 bridgehead atoms. The first-order valence-electron chi connectivity index (χ1n) is 7.16. The van der Waals surface area contributed by atoms with Crippen molar-refractivity contribution in [3.8, 4) is 0 Å². The molecule has 0 fully saturated rings. The van der Waals surface area contributed by atoms with E-state index in [0.717, 1.165) is 0 Å². The van der Waals surface area contributed by atoms with Gasteiger partial charge in [-0.05, 0) is 25.1 Å². The monoisotopic (exact) mass is 335 g/mol. The molecular weight excluding hydrogens is 318 g/mol. The zero-order valence-electron chi connectivity index (χ0n) is 13.1. The molecule has 0 aliphatic carbocycles. The summed E-state index contributed by atoms with van der Waals surface area (Å²) in [7, 11) is 1.80. The molecule has 23 heavy (non-hydrogen) atoms. The highest BCUT2D eigenvalue weighted by Crippen LogP contribution is 2.22. The molecule has 2 aromatic rings. The Morgan fingerprint density at radius 3 is 2.74 bits per heavy atom. The molecule has 1 aromatic heterocycles. The Balaban J connectivity index is 2.21. The van der Waals surface area contributed by atoms with E-state index < -0.39 is 0 Å². The van der Waals surface area contributed by atoms with Crippen LogP contribution in [0.4, 0.5) is 5.69 Å². The Morgan fingerprint density at radius 1 is 1.39 bits per heavy atom. The second-order valence-electron chi connectivity index (χ2n) is 5.09. The number of carbonyl (C=O) groups is 2. The van der Waals surface area contributed by atoms with Gasteiger partial charge in [-0.15, -0.1) is 10.2 Å². The van der Waals surface area contributed by atoms with E-state index in [-0.39, 0.29) is 17.9 Å². The first-order chi connectivity index (χ1) is 10.9. The van der Waals surface area contributed by atoms with Crippen LogP contribution in [0.25, 0.3) is 0 Å². The van der Waals surface area contributed by atoms with Crippen LogP contribution in [0.5, 0.6) is 0 Å². The summed E-state index contributed by atoms with van der Waals surface area (Å²) in [6, 6.07) is 4.40. The minimum Gasteiger partial charge on any atom is -0.342 e. The minimum atomic E-state index is -0.333. The predicted octanol–water partition coefficient (Wildman–Crippen LogP) is 2.31. The van der Waals surface area contributed by atoms with Crippen LogP contribution >= 0.6 is 11.6 Å². The van der Waals surface area contributed by atoms with Crippen LogP contribution in [0.3, 0.4) is 0 Å². The van der Waals surface area contributed by atoms with Crippen molar-refractivity contribution in [2.24, 2.45) is 7.05 Å². The molecule has 7 nitrogen and oxygen atoms in total. The third kappa shape index (κ3) is 4.07. The van der Waals surface area contributed by atoms with Gasteiger partial charge in [0.1, 0.15) is 6.33 Å². The van der Waals surface area contributed by atoms with Gasteiger partial charge in [-0.2, -0.15) is 0 Å². The lowest BCUT2D eigenvalue weighted by Crippen LogP contribution is -2.29. The van der Waals surface area contributed by atoms with E-state index in [2.05, 4.69) is 20.8 Å². The molecule has 0 unspecified atom stereocenters. The predicted molar refractivity (Wildman–Crippen MR) is 87.3 cm³/mol. The molecule has 1 heterocycles. The molecular formula is C15H18ClN5O2. The van der Waals surface area contributed by atoms with Crippen LogP contribution in [-0.2, 0) is 11.8 Å². The molecule has 0 aliphatic heterocycles. The van der Waals surface area contributed by atoms with Crippen LogP contribution < -0.4 is 10.6 Å². The van der Waals surface area contributed by atoms with Crippen molar-refractivity contribution in [3.05, 3.63) is 40.9 Å². The van der Waals surface area contributed by atoms with Gasteiger partial charge in [0.15, 0.2) is 5.82 Å². The van der Waals surface area contributed by atoms with Crippen molar-refractivity contribution in [1.29, 1.82) is 0 Å². The summed E-state index contributed by atoms with van der Waals surface area (Å²) in [5, 5.41) is 13.7. The van der Waals surface area contributed by atoms with Gasteiger partial charge in [0.2, 0.25) is 5.91 Å². The number of rotatable bonds is 5. The Bertz CT molecular complexity index is 728. The summed E-state index contributed by atoms with van der Waals surface area (Å²) >= 11 is 5.95. The highest BCUT2D eigenvalue weighted by molar-refractivity contribution is 6.31. The third-order valence-electron chi connectivity index (χ3n) is 3.30. The SMILES string of the molecule is CCC(=O)Nc1cc(Cl)ccc1C(=O)N[C@H](C)c1nncn1C. The summed E-state index contributed by atoms with van der Waals surface area (Å²) in [4.78, 5) is 24.1. The van der Waals surface area contributed by atoms with Gasteiger partial charge in [-0.3, -0.25) is 9.59 Å². The Morgan fingerprint density at radius 2 is 2.13 bits per heavy atom. The van der Waals surface area contributed by atoms with Crippen LogP contribution in [0.2, 0.25) is 5.02 Å². The highest BCUT2D eigenvalue weighted by Gasteiger charge is 2.18. The lowest BCUT2D eigenvalue weighted by molar-refractivity contribution is -0.115. The first-order valence-corrected chi connectivity index (χ1v) is 7.54. The van der Waals surface area contributed by atoms with Gasteiger partial charge in [0.05, 0.1) is 17.3 Å². The topological polar surface area (TPSA) is 88.9 Å². The van der Waals surface area contributed by atoms with Gasteiger partial charge < -0.3 is 15.2 Å². The van der Waals surface area contributed by atoms with Gasteiger partial charge in [-0.1, -0.05) is 18.5 Å². The number of nitrogens with one attached hydrogen (secondary N) is 2. The Labute approximate surface area is 139 Å². The minimum absolute atomic E-state index is 0.192. The van der Waals surface area contributed by atoms with Gasteiger partial charge in [-0.25, -0.2) is 0 Å². The molecule has 8 heteroatoms. The summed E-state index contributed by atoms with van der Waals surface area (Å²) < 4.78 is 1.73. The molecule has 122 valence electrons. The second kappa shape index (κ2) is 7.23. The van der Waals surface area contributed by atoms with Crippen LogP contribution in [0, 0.1) is 0 Å².